The van der Waals surface area contributed by atoms with Gasteiger partial charge in [0.25, 0.3) is 0 Å². The number of ether oxygens (including phenoxy) is 1. The van der Waals surface area contributed by atoms with Crippen molar-refractivity contribution in [1.82, 2.24) is 0 Å². The van der Waals surface area contributed by atoms with Gasteiger partial charge < -0.3 is 15.6 Å². The third-order valence-electron chi connectivity index (χ3n) is 2.58. The number of carbonyl (C=O) groups is 1. The van der Waals surface area contributed by atoms with Crippen molar-refractivity contribution in [2.45, 2.75) is 25.9 Å². The van der Waals surface area contributed by atoms with Gasteiger partial charge in [-0.1, -0.05) is 11.6 Å². The number of rotatable bonds is 1. The van der Waals surface area contributed by atoms with E-state index in [1.54, 1.807) is 0 Å². The summed E-state index contributed by atoms with van der Waals surface area (Å²) in [5, 5.41) is 9.32. The minimum Gasteiger partial charge on any atom is -0.486 e. The van der Waals surface area contributed by atoms with E-state index in [2.05, 4.69) is 0 Å². The quantitative estimate of drug-likeness (QED) is 0.741. The summed E-state index contributed by atoms with van der Waals surface area (Å²) in [7, 11) is 0. The van der Waals surface area contributed by atoms with Gasteiger partial charge in [-0.15, -0.1) is 0 Å². The molecule has 1 aliphatic rings. The third-order valence-corrected chi connectivity index (χ3v) is 2.90. The number of nitrogens with two attached hydrogens (primary N) is 1. The molecule has 1 aliphatic heterocycles. The molecule has 0 saturated heterocycles. The first-order valence-electron chi connectivity index (χ1n) is 4.85. The van der Waals surface area contributed by atoms with Gasteiger partial charge in [-0.25, -0.2) is 4.79 Å². The highest BCUT2D eigenvalue weighted by molar-refractivity contribution is 6.33. The summed E-state index contributed by atoms with van der Waals surface area (Å²) in [5.74, 6) is -0.713. The molecule has 0 spiro atoms. The largest absolute Gasteiger partial charge is 0.486 e. The van der Waals surface area contributed by atoms with Gasteiger partial charge in [0.15, 0.2) is 0 Å². The molecular weight excluding hydrogens is 230 g/mol. The standard InChI is InChI=1S/C11H12ClNO3/c1-11(2)4-6-8(13)7(12)3-5(10(14)15)9(6)16-11/h3H,4,13H2,1-2H3,(H,14,15). The zero-order chi connectivity index (χ0) is 12.1. The molecule has 0 amide bonds. The number of halogens is 1. The number of hydrogen-bond acceptors (Lipinski definition) is 3. The lowest BCUT2D eigenvalue weighted by Crippen LogP contribution is -2.25. The fraction of sp³-hybridized carbons (Fsp3) is 0.364. The zero-order valence-electron chi connectivity index (χ0n) is 9.00. The van der Waals surface area contributed by atoms with Gasteiger partial charge in [0.2, 0.25) is 0 Å². The summed E-state index contributed by atoms with van der Waals surface area (Å²) >= 11 is 5.89. The van der Waals surface area contributed by atoms with E-state index in [4.69, 9.17) is 27.2 Å². The molecule has 3 N–H and O–H groups in total. The maximum Gasteiger partial charge on any atom is 0.339 e. The molecule has 1 aromatic rings. The highest BCUT2D eigenvalue weighted by Crippen LogP contribution is 2.43. The molecule has 86 valence electrons. The molecule has 0 radical (unpaired) electrons. The maximum absolute atomic E-state index is 11.1. The number of nitrogen functional groups attached to an aromatic ring is 1. The van der Waals surface area contributed by atoms with Crippen molar-refractivity contribution >= 4 is 23.3 Å². The van der Waals surface area contributed by atoms with Crippen LogP contribution in [-0.4, -0.2) is 16.7 Å². The molecule has 0 atom stereocenters. The molecule has 0 unspecified atom stereocenters. The van der Waals surface area contributed by atoms with E-state index in [1.807, 2.05) is 13.8 Å². The first-order chi connectivity index (χ1) is 7.32. The van der Waals surface area contributed by atoms with Crippen LogP contribution in [-0.2, 0) is 6.42 Å². The van der Waals surface area contributed by atoms with Crippen molar-refractivity contribution in [3.63, 3.8) is 0 Å². The molecule has 16 heavy (non-hydrogen) atoms. The Hall–Kier alpha value is -1.42. The monoisotopic (exact) mass is 241 g/mol. The van der Waals surface area contributed by atoms with Crippen molar-refractivity contribution in [1.29, 1.82) is 0 Å². The van der Waals surface area contributed by atoms with Crippen LogP contribution >= 0.6 is 11.6 Å². The summed E-state index contributed by atoms with van der Waals surface area (Å²) in [6, 6.07) is 1.33. The number of fused-ring (bicyclic) bond motifs is 1. The van der Waals surface area contributed by atoms with Crippen LogP contribution in [0.15, 0.2) is 6.07 Å². The van der Waals surface area contributed by atoms with Crippen LogP contribution in [0.4, 0.5) is 5.69 Å². The Bertz CT molecular complexity index is 483. The molecule has 1 heterocycles. The molecule has 5 heteroatoms. The lowest BCUT2D eigenvalue weighted by Gasteiger charge is -2.17. The average Bonchev–Trinajstić information content (AvgIpc) is 2.47. The van der Waals surface area contributed by atoms with Crippen LogP contribution in [0.5, 0.6) is 5.75 Å². The van der Waals surface area contributed by atoms with Gasteiger partial charge in [0.1, 0.15) is 16.9 Å². The Morgan fingerprint density at radius 1 is 1.62 bits per heavy atom. The molecule has 0 aliphatic carbocycles. The molecule has 1 aromatic carbocycles. The summed E-state index contributed by atoms with van der Waals surface area (Å²) in [6.07, 6.45) is 0.564. The normalized spacial score (nSPS) is 16.7. The second-order valence-electron chi connectivity index (χ2n) is 4.47. The van der Waals surface area contributed by atoms with Gasteiger partial charge in [-0.3, -0.25) is 0 Å². The predicted molar refractivity (Wildman–Crippen MR) is 61.2 cm³/mol. The average molecular weight is 242 g/mol. The van der Waals surface area contributed by atoms with Crippen LogP contribution in [0, 0.1) is 0 Å². The van der Waals surface area contributed by atoms with Crippen molar-refractivity contribution in [3.05, 3.63) is 22.2 Å². The van der Waals surface area contributed by atoms with Gasteiger partial charge in [0.05, 0.1) is 10.7 Å². The van der Waals surface area contributed by atoms with Crippen LogP contribution in [0.2, 0.25) is 5.02 Å². The van der Waals surface area contributed by atoms with Crippen LogP contribution in [0.3, 0.4) is 0 Å². The first kappa shape index (κ1) is 11.1. The second-order valence-corrected chi connectivity index (χ2v) is 4.88. The van der Waals surface area contributed by atoms with Crippen molar-refractivity contribution in [2.75, 3.05) is 5.73 Å². The summed E-state index contributed by atoms with van der Waals surface area (Å²) in [6.45, 7) is 3.76. The lowest BCUT2D eigenvalue weighted by molar-refractivity contribution is 0.0685. The van der Waals surface area contributed by atoms with Gasteiger partial charge in [0, 0.05) is 12.0 Å². The van der Waals surface area contributed by atoms with Crippen molar-refractivity contribution in [2.24, 2.45) is 0 Å². The Balaban J connectivity index is 2.67. The number of benzene rings is 1. The maximum atomic E-state index is 11.1. The Morgan fingerprint density at radius 2 is 2.25 bits per heavy atom. The SMILES string of the molecule is CC1(C)Cc2c(N)c(Cl)cc(C(=O)O)c2O1. The summed E-state index contributed by atoms with van der Waals surface area (Å²) in [5.41, 5.74) is 6.55. The van der Waals surface area contributed by atoms with Gasteiger partial charge >= 0.3 is 5.97 Å². The molecule has 0 saturated carbocycles. The molecular formula is C11H12ClNO3. The highest BCUT2D eigenvalue weighted by atomic mass is 35.5. The van der Waals surface area contributed by atoms with Gasteiger partial charge in [-0.2, -0.15) is 0 Å². The third kappa shape index (κ3) is 1.59. The fourth-order valence-electron chi connectivity index (χ4n) is 1.89. The molecule has 0 bridgehead atoms. The van der Waals surface area contributed by atoms with E-state index in [0.717, 1.165) is 0 Å². The second kappa shape index (κ2) is 3.28. The predicted octanol–water partition coefficient (Wildman–Crippen LogP) is 2.33. The number of anilines is 1. The smallest absolute Gasteiger partial charge is 0.339 e. The molecule has 2 rings (SSSR count). The Morgan fingerprint density at radius 3 is 2.81 bits per heavy atom. The summed E-state index contributed by atoms with van der Waals surface area (Å²) in [4.78, 5) is 11.1. The Labute approximate surface area is 98.0 Å². The number of hydrogen-bond donors (Lipinski definition) is 2. The fourth-order valence-corrected chi connectivity index (χ4v) is 2.11. The topological polar surface area (TPSA) is 72.6 Å². The molecule has 0 aromatic heterocycles. The highest BCUT2D eigenvalue weighted by Gasteiger charge is 2.35. The van der Waals surface area contributed by atoms with Gasteiger partial charge in [-0.05, 0) is 19.9 Å². The van der Waals surface area contributed by atoms with E-state index in [1.165, 1.54) is 6.07 Å². The number of aromatic carboxylic acids is 1. The number of carboxylic acids is 1. The summed E-state index contributed by atoms with van der Waals surface area (Å²) < 4.78 is 5.60. The Kier molecular flexibility index (Phi) is 2.27. The van der Waals surface area contributed by atoms with E-state index >= 15 is 0 Å². The van der Waals surface area contributed by atoms with Crippen LogP contribution in [0.25, 0.3) is 0 Å². The lowest BCUT2D eigenvalue weighted by atomic mass is 9.99. The first-order valence-corrected chi connectivity index (χ1v) is 5.23. The van der Waals surface area contributed by atoms with Crippen molar-refractivity contribution in [3.8, 4) is 5.75 Å². The molecule has 0 fully saturated rings. The molecule has 4 nitrogen and oxygen atoms in total. The van der Waals surface area contributed by atoms with E-state index in [9.17, 15) is 4.79 Å². The van der Waals surface area contributed by atoms with Crippen molar-refractivity contribution < 1.29 is 14.6 Å². The van der Waals surface area contributed by atoms with E-state index in [-0.39, 0.29) is 10.6 Å². The zero-order valence-corrected chi connectivity index (χ0v) is 9.76. The minimum absolute atomic E-state index is 0.0692. The minimum atomic E-state index is -1.06. The van der Waals surface area contributed by atoms with E-state index in [0.29, 0.717) is 23.4 Å². The number of carboxylic acid groups (broad SMARTS) is 1. The van der Waals surface area contributed by atoms with Crippen LogP contribution in [0.1, 0.15) is 29.8 Å². The van der Waals surface area contributed by atoms with Crippen LogP contribution < -0.4 is 10.5 Å². The van der Waals surface area contributed by atoms with E-state index < -0.39 is 11.6 Å².